The first-order valence-electron chi connectivity index (χ1n) is 7.61. The highest BCUT2D eigenvalue weighted by Gasteiger charge is 2.36. The first-order chi connectivity index (χ1) is 10.0. The molecule has 2 rings (SSSR count). The van der Waals surface area contributed by atoms with Crippen LogP contribution in [0.2, 0.25) is 0 Å². The number of hydrogen-bond donors (Lipinski definition) is 2. The molecule has 1 aromatic rings. The van der Waals surface area contributed by atoms with E-state index in [1.165, 1.54) is 0 Å². The van der Waals surface area contributed by atoms with Crippen molar-refractivity contribution in [2.24, 2.45) is 0 Å². The fourth-order valence-corrected chi connectivity index (χ4v) is 3.13. The van der Waals surface area contributed by atoms with Crippen molar-refractivity contribution < 1.29 is 14.7 Å². The number of carboxylic acids is 1. The molecule has 21 heavy (non-hydrogen) atoms. The van der Waals surface area contributed by atoms with E-state index in [4.69, 9.17) is 5.11 Å². The van der Waals surface area contributed by atoms with Crippen molar-refractivity contribution in [2.75, 3.05) is 0 Å². The number of rotatable bonds is 5. The highest BCUT2D eigenvalue weighted by atomic mass is 16.4. The van der Waals surface area contributed by atoms with Gasteiger partial charge in [0.05, 0.1) is 17.9 Å². The standard InChI is InChI=1S/C17H23NO3/c1-13(14-8-4-2-5-9-14)16(21)18-17(12-15(19)20)10-6-3-7-11-17/h2,4-5,8-9,13H,3,6-7,10-12H2,1H3,(H,18,21)(H,19,20). The quantitative estimate of drug-likeness (QED) is 0.875. The van der Waals surface area contributed by atoms with Crippen molar-refractivity contribution in [3.05, 3.63) is 35.9 Å². The molecule has 2 N–H and O–H groups in total. The van der Waals surface area contributed by atoms with Gasteiger partial charge in [-0.1, -0.05) is 49.6 Å². The lowest BCUT2D eigenvalue weighted by Crippen LogP contribution is -2.52. The van der Waals surface area contributed by atoms with Crippen molar-refractivity contribution >= 4 is 11.9 Å². The first kappa shape index (κ1) is 15.5. The largest absolute Gasteiger partial charge is 0.481 e. The third-order valence-electron chi connectivity index (χ3n) is 4.38. The van der Waals surface area contributed by atoms with Gasteiger partial charge in [-0.15, -0.1) is 0 Å². The molecule has 0 aliphatic heterocycles. The molecule has 0 bridgehead atoms. The van der Waals surface area contributed by atoms with Gasteiger partial charge in [-0.05, 0) is 25.3 Å². The Morgan fingerprint density at radius 3 is 2.38 bits per heavy atom. The van der Waals surface area contributed by atoms with Gasteiger partial charge in [0.1, 0.15) is 0 Å². The minimum atomic E-state index is -0.843. The highest BCUT2D eigenvalue weighted by molar-refractivity contribution is 5.84. The van der Waals surface area contributed by atoms with Crippen LogP contribution in [0.3, 0.4) is 0 Å². The van der Waals surface area contributed by atoms with Crippen LogP contribution in [-0.2, 0) is 9.59 Å². The van der Waals surface area contributed by atoms with E-state index < -0.39 is 11.5 Å². The molecule has 0 saturated heterocycles. The van der Waals surface area contributed by atoms with Gasteiger partial charge in [0.25, 0.3) is 0 Å². The van der Waals surface area contributed by atoms with Crippen molar-refractivity contribution in [1.82, 2.24) is 5.32 Å². The van der Waals surface area contributed by atoms with Crippen LogP contribution in [0.5, 0.6) is 0 Å². The lowest BCUT2D eigenvalue weighted by atomic mass is 9.78. The number of aliphatic carboxylic acids is 1. The van der Waals surface area contributed by atoms with E-state index in [-0.39, 0.29) is 18.2 Å². The van der Waals surface area contributed by atoms with Crippen LogP contribution >= 0.6 is 0 Å². The molecule has 1 aliphatic carbocycles. The molecule has 1 aliphatic rings. The minimum Gasteiger partial charge on any atom is -0.481 e. The zero-order valence-corrected chi connectivity index (χ0v) is 12.5. The zero-order valence-electron chi connectivity index (χ0n) is 12.5. The van der Waals surface area contributed by atoms with Crippen LogP contribution in [0.25, 0.3) is 0 Å². The van der Waals surface area contributed by atoms with Gasteiger partial charge >= 0.3 is 5.97 Å². The van der Waals surface area contributed by atoms with Gasteiger partial charge in [-0.3, -0.25) is 9.59 Å². The molecule has 1 aromatic carbocycles. The molecule has 114 valence electrons. The number of amides is 1. The smallest absolute Gasteiger partial charge is 0.305 e. The topological polar surface area (TPSA) is 66.4 Å². The molecule has 1 fully saturated rings. The van der Waals surface area contributed by atoms with E-state index >= 15 is 0 Å². The van der Waals surface area contributed by atoms with Crippen LogP contribution in [0.15, 0.2) is 30.3 Å². The Labute approximate surface area is 125 Å². The summed E-state index contributed by atoms with van der Waals surface area (Å²) >= 11 is 0. The monoisotopic (exact) mass is 289 g/mol. The van der Waals surface area contributed by atoms with Crippen LogP contribution in [0.1, 0.15) is 56.9 Å². The Bertz CT molecular complexity index is 492. The number of hydrogen-bond acceptors (Lipinski definition) is 2. The lowest BCUT2D eigenvalue weighted by Gasteiger charge is -2.37. The Balaban J connectivity index is 2.09. The Morgan fingerprint density at radius 2 is 1.81 bits per heavy atom. The van der Waals surface area contributed by atoms with Crippen LogP contribution < -0.4 is 5.32 Å². The molecule has 1 saturated carbocycles. The second-order valence-electron chi connectivity index (χ2n) is 6.03. The molecule has 0 heterocycles. The third-order valence-corrected chi connectivity index (χ3v) is 4.38. The Morgan fingerprint density at radius 1 is 1.19 bits per heavy atom. The summed E-state index contributed by atoms with van der Waals surface area (Å²) in [5.74, 6) is -1.19. The molecule has 4 nitrogen and oxygen atoms in total. The maximum Gasteiger partial charge on any atom is 0.305 e. The molecular formula is C17H23NO3. The van der Waals surface area contributed by atoms with Crippen molar-refractivity contribution in [2.45, 2.75) is 56.9 Å². The summed E-state index contributed by atoms with van der Waals surface area (Å²) in [5.41, 5.74) is 0.390. The molecule has 4 heteroatoms. The average molecular weight is 289 g/mol. The van der Waals surface area contributed by atoms with Crippen molar-refractivity contribution in [3.8, 4) is 0 Å². The zero-order chi connectivity index (χ0) is 15.3. The summed E-state index contributed by atoms with van der Waals surface area (Å²) in [6, 6.07) is 9.59. The van der Waals surface area contributed by atoms with E-state index in [2.05, 4.69) is 5.32 Å². The summed E-state index contributed by atoms with van der Waals surface area (Å²) in [4.78, 5) is 23.6. The molecule has 0 aromatic heterocycles. The van der Waals surface area contributed by atoms with Crippen LogP contribution in [-0.4, -0.2) is 22.5 Å². The molecular weight excluding hydrogens is 266 g/mol. The summed E-state index contributed by atoms with van der Waals surface area (Å²) in [7, 11) is 0. The first-order valence-corrected chi connectivity index (χ1v) is 7.61. The van der Waals surface area contributed by atoms with Crippen LogP contribution in [0.4, 0.5) is 0 Å². The highest BCUT2D eigenvalue weighted by Crippen LogP contribution is 2.32. The predicted molar refractivity (Wildman–Crippen MR) is 81.1 cm³/mol. The summed E-state index contributed by atoms with van der Waals surface area (Å²) in [5, 5.41) is 12.2. The maximum atomic E-state index is 12.5. The summed E-state index contributed by atoms with van der Waals surface area (Å²) < 4.78 is 0. The number of carboxylic acid groups (broad SMARTS) is 1. The van der Waals surface area contributed by atoms with Gasteiger partial charge in [0.15, 0.2) is 0 Å². The third kappa shape index (κ3) is 4.06. The minimum absolute atomic E-state index is 0.0141. The van der Waals surface area contributed by atoms with Gasteiger partial charge in [-0.2, -0.15) is 0 Å². The van der Waals surface area contributed by atoms with Crippen molar-refractivity contribution in [1.29, 1.82) is 0 Å². The van der Waals surface area contributed by atoms with Crippen molar-refractivity contribution in [3.63, 3.8) is 0 Å². The van der Waals surface area contributed by atoms with E-state index in [1.54, 1.807) is 0 Å². The Hall–Kier alpha value is -1.84. The molecule has 1 amide bonds. The van der Waals surface area contributed by atoms with Gasteiger partial charge in [-0.25, -0.2) is 0 Å². The fourth-order valence-electron chi connectivity index (χ4n) is 3.13. The second kappa shape index (κ2) is 6.74. The second-order valence-corrected chi connectivity index (χ2v) is 6.03. The van der Waals surface area contributed by atoms with E-state index in [1.807, 2.05) is 37.3 Å². The SMILES string of the molecule is CC(C(=O)NC1(CC(=O)O)CCCCC1)c1ccccc1. The molecule has 0 spiro atoms. The van der Waals surface area contributed by atoms with Gasteiger partial charge in [0, 0.05) is 0 Å². The predicted octanol–water partition coefficient (Wildman–Crippen LogP) is 3.08. The molecule has 1 atom stereocenters. The van der Waals surface area contributed by atoms with Crippen LogP contribution in [0, 0.1) is 0 Å². The average Bonchev–Trinajstić information content (AvgIpc) is 2.47. The van der Waals surface area contributed by atoms with E-state index in [0.717, 1.165) is 37.7 Å². The van der Waals surface area contributed by atoms with E-state index in [9.17, 15) is 9.59 Å². The van der Waals surface area contributed by atoms with Gasteiger partial charge in [0.2, 0.25) is 5.91 Å². The molecule has 1 unspecified atom stereocenters. The van der Waals surface area contributed by atoms with E-state index in [0.29, 0.717) is 0 Å². The fraction of sp³-hybridized carbons (Fsp3) is 0.529. The Kier molecular flexibility index (Phi) is 4.99. The maximum absolute atomic E-state index is 12.5. The lowest BCUT2D eigenvalue weighted by molar-refractivity contribution is -0.139. The number of carbonyl (C=O) groups is 2. The molecule has 0 radical (unpaired) electrons. The normalized spacial score (nSPS) is 18.7. The van der Waals surface area contributed by atoms with Gasteiger partial charge < -0.3 is 10.4 Å². The number of benzene rings is 1. The number of nitrogens with one attached hydrogen (secondary N) is 1. The summed E-state index contributed by atoms with van der Waals surface area (Å²) in [6.07, 6.45) is 4.60. The number of carbonyl (C=O) groups excluding carboxylic acids is 1. The summed E-state index contributed by atoms with van der Waals surface area (Å²) in [6.45, 7) is 1.86.